The molecule has 94 valence electrons. The number of para-hydroxylation sites is 2. The van der Waals surface area contributed by atoms with E-state index in [1.54, 1.807) is 13.3 Å². The number of benzene rings is 1. The molecule has 0 aliphatic rings. The van der Waals surface area contributed by atoms with Crippen LogP contribution in [0.1, 0.15) is 0 Å². The van der Waals surface area contributed by atoms with Crippen LogP contribution >= 0.6 is 27.5 Å². The molecule has 1 aromatic carbocycles. The summed E-state index contributed by atoms with van der Waals surface area (Å²) in [5.41, 5.74) is 0.914. The van der Waals surface area contributed by atoms with Crippen molar-refractivity contribution in [2.75, 3.05) is 19.1 Å². The summed E-state index contributed by atoms with van der Waals surface area (Å²) in [5.74, 6) is 1.46. The molecule has 0 spiro atoms. The third kappa shape index (κ3) is 2.60. The molecule has 2 aromatic rings. The summed E-state index contributed by atoms with van der Waals surface area (Å²) in [7, 11) is 3.54. The first kappa shape index (κ1) is 13.2. The van der Waals surface area contributed by atoms with Crippen molar-refractivity contribution in [3.05, 3.63) is 46.0 Å². The van der Waals surface area contributed by atoms with Gasteiger partial charge in [0.1, 0.15) is 5.75 Å². The number of methoxy groups -OCH3 is 1. The standard InChI is InChI=1S/C13H12BrClN2O/c1-17(11-5-3-4-6-12(11)18-2)13-10(15)7-9(14)8-16-13/h3-8H,1-2H3. The van der Waals surface area contributed by atoms with Gasteiger partial charge in [-0.15, -0.1) is 0 Å². The fourth-order valence-electron chi connectivity index (χ4n) is 1.68. The summed E-state index contributed by atoms with van der Waals surface area (Å²) in [4.78, 5) is 6.22. The van der Waals surface area contributed by atoms with Crippen LogP contribution in [0.4, 0.5) is 11.5 Å². The van der Waals surface area contributed by atoms with Crippen LogP contribution < -0.4 is 9.64 Å². The predicted molar refractivity (Wildman–Crippen MR) is 78.0 cm³/mol. The van der Waals surface area contributed by atoms with E-state index in [-0.39, 0.29) is 0 Å². The molecule has 0 unspecified atom stereocenters. The van der Waals surface area contributed by atoms with Gasteiger partial charge in [0.15, 0.2) is 5.82 Å². The average molecular weight is 328 g/mol. The van der Waals surface area contributed by atoms with E-state index in [2.05, 4.69) is 20.9 Å². The van der Waals surface area contributed by atoms with E-state index in [0.717, 1.165) is 15.9 Å². The number of hydrogen-bond acceptors (Lipinski definition) is 3. The van der Waals surface area contributed by atoms with E-state index in [0.29, 0.717) is 10.8 Å². The molecule has 0 amide bonds. The number of halogens is 2. The maximum atomic E-state index is 6.19. The number of ether oxygens (including phenoxy) is 1. The third-order valence-electron chi connectivity index (χ3n) is 2.55. The van der Waals surface area contributed by atoms with Crippen molar-refractivity contribution in [1.29, 1.82) is 0 Å². The van der Waals surface area contributed by atoms with E-state index in [1.807, 2.05) is 42.3 Å². The van der Waals surface area contributed by atoms with Crippen LogP contribution in [0.5, 0.6) is 5.75 Å². The molecule has 0 saturated heterocycles. The molecule has 0 saturated carbocycles. The second-order valence-corrected chi connectivity index (χ2v) is 5.01. The van der Waals surface area contributed by atoms with E-state index < -0.39 is 0 Å². The van der Waals surface area contributed by atoms with Gasteiger partial charge in [-0.1, -0.05) is 23.7 Å². The van der Waals surface area contributed by atoms with E-state index in [1.165, 1.54) is 0 Å². The number of anilines is 2. The predicted octanol–water partition coefficient (Wildman–Crippen LogP) is 4.27. The Kier molecular flexibility index (Phi) is 4.09. The summed E-state index contributed by atoms with van der Waals surface area (Å²) < 4.78 is 6.18. The van der Waals surface area contributed by atoms with Gasteiger partial charge in [0.05, 0.1) is 17.8 Å². The molecule has 2 rings (SSSR count). The fraction of sp³-hybridized carbons (Fsp3) is 0.154. The Balaban J connectivity index is 2.44. The van der Waals surface area contributed by atoms with Gasteiger partial charge in [-0.2, -0.15) is 0 Å². The molecule has 3 nitrogen and oxygen atoms in total. The molecule has 0 N–H and O–H groups in total. The second-order valence-electron chi connectivity index (χ2n) is 3.69. The smallest absolute Gasteiger partial charge is 0.151 e. The van der Waals surface area contributed by atoms with Crippen LogP contribution in [-0.2, 0) is 0 Å². The number of nitrogens with zero attached hydrogens (tertiary/aromatic N) is 2. The van der Waals surface area contributed by atoms with E-state index >= 15 is 0 Å². The Labute approximate surface area is 119 Å². The zero-order chi connectivity index (χ0) is 13.1. The Bertz CT molecular complexity index is 562. The molecule has 0 bridgehead atoms. The number of rotatable bonds is 3. The van der Waals surface area contributed by atoms with Gasteiger partial charge < -0.3 is 9.64 Å². The highest BCUT2D eigenvalue weighted by molar-refractivity contribution is 9.10. The second kappa shape index (κ2) is 5.59. The number of aromatic nitrogens is 1. The lowest BCUT2D eigenvalue weighted by Gasteiger charge is -2.21. The average Bonchev–Trinajstić information content (AvgIpc) is 2.38. The van der Waals surface area contributed by atoms with Crippen LogP contribution in [0.25, 0.3) is 0 Å². The Morgan fingerprint density at radius 2 is 2.06 bits per heavy atom. The lowest BCUT2D eigenvalue weighted by Crippen LogP contribution is -2.12. The molecule has 5 heteroatoms. The number of pyridine rings is 1. The highest BCUT2D eigenvalue weighted by Gasteiger charge is 2.13. The van der Waals surface area contributed by atoms with Crippen molar-refractivity contribution < 1.29 is 4.74 Å². The first-order valence-electron chi connectivity index (χ1n) is 5.31. The van der Waals surface area contributed by atoms with Gasteiger partial charge in [-0.05, 0) is 34.1 Å². The lowest BCUT2D eigenvalue weighted by atomic mass is 10.2. The molecule has 0 fully saturated rings. The van der Waals surface area contributed by atoms with Crippen molar-refractivity contribution in [2.24, 2.45) is 0 Å². The largest absolute Gasteiger partial charge is 0.495 e. The quantitative estimate of drug-likeness (QED) is 0.841. The molecule has 1 heterocycles. The van der Waals surface area contributed by atoms with Crippen molar-refractivity contribution in [1.82, 2.24) is 4.98 Å². The first-order chi connectivity index (χ1) is 8.63. The van der Waals surface area contributed by atoms with Crippen LogP contribution in [0, 0.1) is 0 Å². The summed E-state index contributed by atoms with van der Waals surface area (Å²) in [6.45, 7) is 0. The molecular weight excluding hydrogens is 316 g/mol. The minimum absolute atomic E-state index is 0.581. The Morgan fingerprint density at radius 3 is 2.72 bits per heavy atom. The minimum atomic E-state index is 0.581. The maximum absolute atomic E-state index is 6.19. The van der Waals surface area contributed by atoms with Gasteiger partial charge in [-0.3, -0.25) is 0 Å². The van der Waals surface area contributed by atoms with Crippen molar-refractivity contribution in [3.8, 4) is 5.75 Å². The first-order valence-corrected chi connectivity index (χ1v) is 6.48. The monoisotopic (exact) mass is 326 g/mol. The van der Waals surface area contributed by atoms with Crippen molar-refractivity contribution in [2.45, 2.75) is 0 Å². The SMILES string of the molecule is COc1ccccc1N(C)c1ncc(Br)cc1Cl. The molecule has 0 atom stereocenters. The molecule has 0 radical (unpaired) electrons. The molecule has 1 aromatic heterocycles. The zero-order valence-corrected chi connectivity index (χ0v) is 12.4. The maximum Gasteiger partial charge on any atom is 0.151 e. The third-order valence-corrected chi connectivity index (χ3v) is 3.26. The minimum Gasteiger partial charge on any atom is -0.495 e. The summed E-state index contributed by atoms with van der Waals surface area (Å²) in [6, 6.07) is 9.54. The van der Waals surface area contributed by atoms with Crippen LogP contribution in [-0.4, -0.2) is 19.1 Å². The van der Waals surface area contributed by atoms with E-state index in [4.69, 9.17) is 16.3 Å². The van der Waals surface area contributed by atoms with Crippen molar-refractivity contribution in [3.63, 3.8) is 0 Å². The summed E-state index contributed by atoms with van der Waals surface area (Å²) >= 11 is 9.53. The molecule has 0 aliphatic heterocycles. The topological polar surface area (TPSA) is 25.4 Å². The van der Waals surface area contributed by atoms with Gasteiger partial charge in [0.2, 0.25) is 0 Å². The Hall–Kier alpha value is -1.26. The van der Waals surface area contributed by atoms with Gasteiger partial charge in [0, 0.05) is 17.7 Å². The summed E-state index contributed by atoms with van der Waals surface area (Å²) in [6.07, 6.45) is 1.72. The summed E-state index contributed by atoms with van der Waals surface area (Å²) in [5, 5.41) is 0.581. The zero-order valence-electron chi connectivity index (χ0n) is 10.0. The van der Waals surface area contributed by atoms with Crippen LogP contribution in [0.15, 0.2) is 41.0 Å². The molecule has 0 aliphatic carbocycles. The lowest BCUT2D eigenvalue weighted by molar-refractivity contribution is 0.415. The van der Waals surface area contributed by atoms with Crippen molar-refractivity contribution >= 4 is 39.0 Å². The van der Waals surface area contributed by atoms with Crippen LogP contribution in [0.3, 0.4) is 0 Å². The Morgan fingerprint density at radius 1 is 1.33 bits per heavy atom. The van der Waals surface area contributed by atoms with Gasteiger partial charge >= 0.3 is 0 Å². The van der Waals surface area contributed by atoms with Crippen LogP contribution in [0.2, 0.25) is 5.02 Å². The fourth-order valence-corrected chi connectivity index (χ4v) is 2.43. The van der Waals surface area contributed by atoms with E-state index in [9.17, 15) is 0 Å². The number of hydrogen-bond donors (Lipinski definition) is 0. The normalized spacial score (nSPS) is 10.2. The van der Waals surface area contributed by atoms with Gasteiger partial charge in [-0.25, -0.2) is 4.98 Å². The molecule has 18 heavy (non-hydrogen) atoms. The highest BCUT2D eigenvalue weighted by atomic mass is 79.9. The van der Waals surface area contributed by atoms with Gasteiger partial charge in [0.25, 0.3) is 0 Å². The molecular formula is C13H12BrClN2O. The highest BCUT2D eigenvalue weighted by Crippen LogP contribution is 2.35.